The van der Waals surface area contributed by atoms with E-state index in [1.165, 1.54) is 10.4 Å². The maximum absolute atomic E-state index is 6.08. The smallest absolute Gasteiger partial charge is 0.0441 e. The first kappa shape index (κ1) is 10.7. The van der Waals surface area contributed by atoms with Gasteiger partial charge in [-0.3, -0.25) is 0 Å². The predicted molar refractivity (Wildman–Crippen MR) is 67.4 cm³/mol. The zero-order valence-electron chi connectivity index (χ0n) is 8.46. The summed E-state index contributed by atoms with van der Waals surface area (Å²) in [5.41, 5.74) is 9.02. The van der Waals surface area contributed by atoms with Crippen molar-refractivity contribution in [2.75, 3.05) is 0 Å². The highest BCUT2D eigenvalue weighted by atomic mass is 35.5. The summed E-state index contributed by atoms with van der Waals surface area (Å²) in [6, 6.07) is 8.25. The SMILES string of the molecule is Cc1ccc(-c2cc(CN)cs2)cc1Cl. The molecule has 3 heteroatoms. The number of halogens is 1. The molecule has 0 amide bonds. The van der Waals surface area contributed by atoms with Crippen molar-refractivity contribution in [3.05, 3.63) is 45.8 Å². The van der Waals surface area contributed by atoms with Crippen LogP contribution in [0, 0.1) is 6.92 Å². The lowest BCUT2D eigenvalue weighted by Gasteiger charge is -2.01. The molecule has 0 bridgehead atoms. The van der Waals surface area contributed by atoms with Crippen molar-refractivity contribution in [3.63, 3.8) is 0 Å². The Hall–Kier alpha value is -0.830. The fraction of sp³-hybridized carbons (Fsp3) is 0.167. The zero-order chi connectivity index (χ0) is 10.8. The first-order chi connectivity index (χ1) is 7.20. The van der Waals surface area contributed by atoms with Crippen LogP contribution < -0.4 is 5.73 Å². The van der Waals surface area contributed by atoms with Crippen LogP contribution in [0.25, 0.3) is 10.4 Å². The first-order valence-electron chi connectivity index (χ1n) is 4.74. The molecule has 78 valence electrons. The summed E-state index contributed by atoms with van der Waals surface area (Å²) >= 11 is 7.79. The van der Waals surface area contributed by atoms with Gasteiger partial charge >= 0.3 is 0 Å². The van der Waals surface area contributed by atoms with Gasteiger partial charge in [-0.1, -0.05) is 23.7 Å². The van der Waals surface area contributed by atoms with Crippen molar-refractivity contribution in [3.8, 4) is 10.4 Å². The van der Waals surface area contributed by atoms with Crippen LogP contribution in [0.4, 0.5) is 0 Å². The number of thiophene rings is 1. The summed E-state index contributed by atoms with van der Waals surface area (Å²) in [7, 11) is 0. The molecule has 0 aliphatic carbocycles. The van der Waals surface area contributed by atoms with Gasteiger partial charge in [0.15, 0.2) is 0 Å². The Morgan fingerprint density at radius 2 is 2.13 bits per heavy atom. The maximum Gasteiger partial charge on any atom is 0.0441 e. The highest BCUT2D eigenvalue weighted by Gasteiger charge is 2.03. The monoisotopic (exact) mass is 237 g/mol. The first-order valence-corrected chi connectivity index (χ1v) is 6.00. The van der Waals surface area contributed by atoms with E-state index in [2.05, 4.69) is 17.5 Å². The molecule has 1 nitrogen and oxygen atoms in total. The van der Waals surface area contributed by atoms with Crippen molar-refractivity contribution < 1.29 is 0 Å². The quantitative estimate of drug-likeness (QED) is 0.844. The van der Waals surface area contributed by atoms with Crippen molar-refractivity contribution in [1.82, 2.24) is 0 Å². The van der Waals surface area contributed by atoms with Gasteiger partial charge in [-0.2, -0.15) is 0 Å². The van der Waals surface area contributed by atoms with E-state index in [-0.39, 0.29) is 0 Å². The van der Waals surface area contributed by atoms with Crippen molar-refractivity contribution in [2.45, 2.75) is 13.5 Å². The molecule has 2 aromatic rings. The Morgan fingerprint density at radius 1 is 1.33 bits per heavy atom. The molecule has 0 aliphatic rings. The fourth-order valence-corrected chi connectivity index (χ4v) is 2.49. The van der Waals surface area contributed by atoms with Gasteiger partial charge in [-0.25, -0.2) is 0 Å². The van der Waals surface area contributed by atoms with Crippen LogP contribution in [0.15, 0.2) is 29.6 Å². The molecular formula is C12H12ClNS. The number of nitrogens with two attached hydrogens (primary N) is 1. The second kappa shape index (κ2) is 4.35. The summed E-state index contributed by atoms with van der Waals surface area (Å²) in [5, 5.41) is 2.90. The van der Waals surface area contributed by atoms with Crippen molar-refractivity contribution >= 4 is 22.9 Å². The van der Waals surface area contributed by atoms with Gasteiger partial charge < -0.3 is 5.73 Å². The molecule has 0 unspecified atom stereocenters. The fourth-order valence-electron chi connectivity index (χ4n) is 1.38. The normalized spacial score (nSPS) is 10.6. The van der Waals surface area contributed by atoms with Crippen LogP contribution >= 0.6 is 22.9 Å². The second-order valence-electron chi connectivity index (χ2n) is 3.49. The van der Waals surface area contributed by atoms with E-state index >= 15 is 0 Å². The predicted octanol–water partition coefficient (Wildman–Crippen LogP) is 3.84. The summed E-state index contributed by atoms with van der Waals surface area (Å²) in [6.45, 7) is 2.60. The molecule has 1 heterocycles. The van der Waals surface area contributed by atoms with Crippen LogP contribution in [0.2, 0.25) is 5.02 Å². The number of hydrogen-bond acceptors (Lipinski definition) is 2. The standard InChI is InChI=1S/C12H12ClNS/c1-8-2-3-10(5-11(8)13)12-4-9(6-14)7-15-12/h2-5,7H,6,14H2,1H3. The molecule has 2 rings (SSSR count). The highest BCUT2D eigenvalue weighted by Crippen LogP contribution is 2.30. The van der Waals surface area contributed by atoms with Gasteiger partial charge in [0, 0.05) is 16.4 Å². The van der Waals surface area contributed by atoms with E-state index in [1.807, 2.05) is 19.1 Å². The van der Waals surface area contributed by atoms with Crippen LogP contribution in [-0.2, 0) is 6.54 Å². The second-order valence-corrected chi connectivity index (χ2v) is 4.81. The van der Waals surface area contributed by atoms with Crippen LogP contribution in [0.5, 0.6) is 0 Å². The molecular weight excluding hydrogens is 226 g/mol. The number of rotatable bonds is 2. The average Bonchev–Trinajstić information content (AvgIpc) is 2.70. The Bertz CT molecular complexity index is 476. The number of hydrogen-bond donors (Lipinski definition) is 1. The van der Waals surface area contributed by atoms with Crippen molar-refractivity contribution in [2.24, 2.45) is 5.73 Å². The lowest BCUT2D eigenvalue weighted by molar-refractivity contribution is 1.08. The van der Waals surface area contributed by atoms with Gasteiger partial charge in [0.1, 0.15) is 0 Å². The largest absolute Gasteiger partial charge is 0.326 e. The Balaban J connectivity index is 2.40. The molecule has 0 saturated heterocycles. The molecule has 0 radical (unpaired) electrons. The lowest BCUT2D eigenvalue weighted by atomic mass is 10.1. The van der Waals surface area contributed by atoms with Crippen molar-refractivity contribution in [1.29, 1.82) is 0 Å². The average molecular weight is 238 g/mol. The molecule has 0 spiro atoms. The minimum atomic E-state index is 0.593. The van der Waals surface area contributed by atoms with Crippen LogP contribution in [0.3, 0.4) is 0 Å². The summed E-state index contributed by atoms with van der Waals surface area (Å²) in [6.07, 6.45) is 0. The van der Waals surface area contributed by atoms with E-state index in [1.54, 1.807) is 11.3 Å². The van der Waals surface area contributed by atoms with Crippen LogP contribution in [0.1, 0.15) is 11.1 Å². The third-order valence-electron chi connectivity index (χ3n) is 2.35. The minimum Gasteiger partial charge on any atom is -0.326 e. The Labute approximate surface area is 98.5 Å². The molecule has 1 aromatic heterocycles. The van der Waals surface area contributed by atoms with Gasteiger partial charge in [-0.15, -0.1) is 11.3 Å². The van der Waals surface area contributed by atoms with E-state index < -0.39 is 0 Å². The summed E-state index contributed by atoms with van der Waals surface area (Å²) < 4.78 is 0. The van der Waals surface area contributed by atoms with E-state index in [0.717, 1.165) is 16.1 Å². The number of aryl methyl sites for hydroxylation is 1. The van der Waals surface area contributed by atoms with E-state index in [0.29, 0.717) is 6.54 Å². The summed E-state index contributed by atoms with van der Waals surface area (Å²) in [5.74, 6) is 0. The zero-order valence-corrected chi connectivity index (χ0v) is 10.0. The van der Waals surface area contributed by atoms with Gasteiger partial charge in [0.2, 0.25) is 0 Å². The van der Waals surface area contributed by atoms with Gasteiger partial charge in [0.25, 0.3) is 0 Å². The van der Waals surface area contributed by atoms with Gasteiger partial charge in [0.05, 0.1) is 0 Å². The van der Waals surface area contributed by atoms with E-state index in [4.69, 9.17) is 17.3 Å². The maximum atomic E-state index is 6.08. The molecule has 15 heavy (non-hydrogen) atoms. The third kappa shape index (κ3) is 2.23. The minimum absolute atomic E-state index is 0.593. The Morgan fingerprint density at radius 3 is 2.73 bits per heavy atom. The van der Waals surface area contributed by atoms with E-state index in [9.17, 15) is 0 Å². The molecule has 0 saturated carbocycles. The molecule has 0 fully saturated rings. The number of benzene rings is 1. The van der Waals surface area contributed by atoms with Crippen LogP contribution in [-0.4, -0.2) is 0 Å². The molecule has 2 N–H and O–H groups in total. The summed E-state index contributed by atoms with van der Waals surface area (Å²) in [4.78, 5) is 1.22. The van der Waals surface area contributed by atoms with Gasteiger partial charge in [-0.05, 0) is 41.1 Å². The lowest BCUT2D eigenvalue weighted by Crippen LogP contribution is -1.92. The highest BCUT2D eigenvalue weighted by molar-refractivity contribution is 7.13. The molecule has 0 aliphatic heterocycles. The molecule has 0 atom stereocenters. The third-order valence-corrected chi connectivity index (χ3v) is 3.78. The topological polar surface area (TPSA) is 26.0 Å². The molecule has 1 aromatic carbocycles. The Kier molecular flexibility index (Phi) is 3.10.